The molecular weight excluding hydrogens is 743 g/mol. The molecule has 0 spiro atoms. The molecule has 3 heteroatoms. The van der Waals surface area contributed by atoms with Crippen LogP contribution in [0.3, 0.4) is 0 Å². The lowest BCUT2D eigenvalue weighted by Gasteiger charge is -2.43. The Morgan fingerprint density at radius 2 is 1.52 bits per heavy atom. The van der Waals surface area contributed by atoms with Crippen LogP contribution >= 0.6 is 0 Å². The van der Waals surface area contributed by atoms with Crippen molar-refractivity contribution in [1.29, 1.82) is 0 Å². The van der Waals surface area contributed by atoms with Crippen LogP contribution in [-0.2, 0) is 0 Å². The Hall–Kier alpha value is -6.06. The number of furan rings is 2. The molecule has 0 amide bonds. The van der Waals surface area contributed by atoms with E-state index in [9.17, 15) is 0 Å². The molecule has 5 atom stereocenters. The van der Waals surface area contributed by atoms with E-state index in [1.54, 1.807) is 22.3 Å². The van der Waals surface area contributed by atoms with Gasteiger partial charge in [0.15, 0.2) is 0 Å². The summed E-state index contributed by atoms with van der Waals surface area (Å²) in [5.74, 6) is 1.05. The topological polar surface area (TPSA) is 29.5 Å². The molecule has 0 N–H and O–H groups in total. The summed E-state index contributed by atoms with van der Waals surface area (Å²) in [6, 6.07) is 22.8. The minimum absolute atomic E-state index is 0.321. The second kappa shape index (κ2) is 15.4. The smallest absolute Gasteiger partial charge is 0.139 e. The Morgan fingerprint density at radius 3 is 2.39 bits per heavy atom. The van der Waals surface area contributed by atoms with Crippen LogP contribution in [0.2, 0.25) is 0 Å². The molecule has 0 saturated heterocycles. The highest BCUT2D eigenvalue weighted by Gasteiger charge is 2.31. The third-order valence-corrected chi connectivity index (χ3v) is 14.7. The first kappa shape index (κ1) is 36.8. The van der Waals surface area contributed by atoms with E-state index >= 15 is 0 Å². The average Bonchev–Trinajstić information content (AvgIpc) is 3.90. The van der Waals surface area contributed by atoms with Crippen molar-refractivity contribution in [3.63, 3.8) is 0 Å². The van der Waals surface area contributed by atoms with Crippen LogP contribution in [0.4, 0.5) is 0 Å². The van der Waals surface area contributed by atoms with Crippen LogP contribution in [0.5, 0.6) is 0 Å². The third-order valence-electron chi connectivity index (χ3n) is 14.7. The predicted octanol–water partition coefficient (Wildman–Crippen LogP) is 13.5. The molecule has 5 aromatic rings. The van der Waals surface area contributed by atoms with Gasteiger partial charge in [0.1, 0.15) is 22.2 Å². The Labute approximate surface area is 358 Å². The number of hydrogen-bond acceptors (Lipinski definition) is 3. The van der Waals surface area contributed by atoms with Gasteiger partial charge in [-0.2, -0.15) is 0 Å². The molecule has 3 nitrogen and oxygen atoms in total. The normalized spacial score (nSPS) is 25.7. The number of rotatable bonds is 7. The summed E-state index contributed by atoms with van der Waals surface area (Å²) in [5.41, 5.74) is 15.8. The second-order valence-corrected chi connectivity index (χ2v) is 18.2. The predicted molar refractivity (Wildman–Crippen MR) is 252 cm³/mol. The lowest BCUT2D eigenvalue weighted by Crippen LogP contribution is -2.43. The lowest BCUT2D eigenvalue weighted by molar-refractivity contribution is 0.202. The Balaban J connectivity index is 0.819. The zero-order valence-electron chi connectivity index (χ0n) is 34.9. The molecule has 3 aromatic carbocycles. The molecule has 7 aliphatic rings. The Morgan fingerprint density at radius 1 is 0.590 bits per heavy atom. The molecule has 4 unspecified atom stereocenters. The molecule has 0 bridgehead atoms. The Kier molecular flexibility index (Phi) is 9.31. The number of hydrogen-bond donors (Lipinski definition) is 0. The maximum Gasteiger partial charge on any atom is 0.139 e. The third kappa shape index (κ3) is 6.74. The molecule has 0 saturated carbocycles. The van der Waals surface area contributed by atoms with E-state index in [4.69, 9.17) is 8.83 Å². The van der Waals surface area contributed by atoms with Crippen LogP contribution in [0.1, 0.15) is 93.6 Å². The number of nitrogens with zero attached hydrogens (tertiary/aromatic N) is 1. The fraction of sp³-hybridized carbons (Fsp3) is 0.276. The molecular formula is C58H53NO2. The summed E-state index contributed by atoms with van der Waals surface area (Å²) in [5, 5.41) is 4.91. The van der Waals surface area contributed by atoms with Crippen LogP contribution in [-0.4, -0.2) is 17.0 Å². The van der Waals surface area contributed by atoms with Gasteiger partial charge in [0.05, 0.1) is 6.04 Å². The van der Waals surface area contributed by atoms with Crippen molar-refractivity contribution in [3.8, 4) is 0 Å². The summed E-state index contributed by atoms with van der Waals surface area (Å²) in [6.45, 7) is 0. The molecule has 61 heavy (non-hydrogen) atoms. The number of benzene rings is 3. The fourth-order valence-corrected chi connectivity index (χ4v) is 11.5. The monoisotopic (exact) mass is 795 g/mol. The summed E-state index contributed by atoms with van der Waals surface area (Å²) in [4.78, 5) is 2.80. The zero-order chi connectivity index (χ0) is 40.3. The van der Waals surface area contributed by atoms with Gasteiger partial charge in [-0.15, -0.1) is 0 Å². The highest BCUT2D eigenvalue weighted by Crippen LogP contribution is 2.42. The van der Waals surface area contributed by atoms with E-state index in [-0.39, 0.29) is 0 Å². The van der Waals surface area contributed by atoms with E-state index in [1.165, 1.54) is 75.9 Å². The maximum absolute atomic E-state index is 6.58. The molecule has 12 rings (SSSR count). The van der Waals surface area contributed by atoms with Crippen molar-refractivity contribution < 1.29 is 8.83 Å². The second-order valence-electron chi connectivity index (χ2n) is 18.2. The van der Waals surface area contributed by atoms with Crippen LogP contribution in [0.25, 0.3) is 45.1 Å². The summed E-state index contributed by atoms with van der Waals surface area (Å²) in [6.07, 6.45) is 50.7. The van der Waals surface area contributed by atoms with E-state index in [0.717, 1.165) is 60.7 Å². The molecule has 0 radical (unpaired) electrons. The van der Waals surface area contributed by atoms with Crippen LogP contribution in [0.15, 0.2) is 188 Å². The average molecular weight is 796 g/mol. The maximum atomic E-state index is 6.58. The molecule has 0 aliphatic heterocycles. The van der Waals surface area contributed by atoms with Gasteiger partial charge in [-0.05, 0) is 134 Å². The van der Waals surface area contributed by atoms with Crippen molar-refractivity contribution in [1.82, 2.24) is 4.90 Å². The van der Waals surface area contributed by atoms with Gasteiger partial charge < -0.3 is 13.7 Å². The summed E-state index contributed by atoms with van der Waals surface area (Å²) >= 11 is 0. The molecule has 7 aliphatic carbocycles. The van der Waals surface area contributed by atoms with Gasteiger partial charge in [0.25, 0.3) is 0 Å². The number of para-hydroxylation sites is 2. The highest BCUT2D eigenvalue weighted by atomic mass is 16.3. The van der Waals surface area contributed by atoms with Gasteiger partial charge in [-0.1, -0.05) is 128 Å². The summed E-state index contributed by atoms with van der Waals surface area (Å²) in [7, 11) is 0. The van der Waals surface area contributed by atoms with Crippen molar-refractivity contribution >= 4 is 45.1 Å². The quantitative estimate of drug-likeness (QED) is 0.164. The number of allylic oxidation sites excluding steroid dienone is 16. The molecule has 302 valence electrons. The molecule has 0 fully saturated rings. The minimum Gasteiger partial charge on any atom is -0.456 e. The minimum atomic E-state index is 0.321. The van der Waals surface area contributed by atoms with Gasteiger partial charge >= 0.3 is 0 Å². The van der Waals surface area contributed by atoms with Crippen molar-refractivity contribution in [2.24, 2.45) is 5.92 Å². The highest BCUT2D eigenvalue weighted by molar-refractivity contribution is 6.06. The standard InChI is InChI=1S/C58H53NO2/c1-2-10-42(11-3-1)50-14-8-15-52-54-37-46(26-34-57(54)61-58(50)52)41-23-31-49(32-24-41)59(47-27-19-39(20-28-47)44-18-17-38-9-4-5-12-43(38)35-44)48-29-21-40(22-30-48)45-25-33-56-53(36-45)51-13-6-7-16-55(51)60-56/h1-4,6-10,13-16,19,21-23,26,29,31-37,41-42,45,47-48H,5,11-12,17-18,20,24-25,27-28,30H2/t41?,42?,45?,47-,48?/m0/s1. The van der Waals surface area contributed by atoms with Crippen LogP contribution < -0.4 is 10.6 Å². The van der Waals surface area contributed by atoms with Gasteiger partial charge in [-0.3, -0.25) is 0 Å². The fourth-order valence-electron chi connectivity index (χ4n) is 11.5. The number of fused-ring (bicyclic) bond motifs is 6. The molecule has 2 heterocycles. The first-order chi connectivity index (χ1) is 30.2. The van der Waals surface area contributed by atoms with Crippen molar-refractivity contribution in [2.75, 3.05) is 0 Å². The largest absolute Gasteiger partial charge is 0.456 e. The first-order valence-corrected chi connectivity index (χ1v) is 23.0. The summed E-state index contributed by atoms with van der Waals surface area (Å²) < 4.78 is 12.8. The SMILES string of the molecule is C1=CCC(c2cccc3c2oc2ccc(C4C=CC(N(C5C=CC(C6C=c7c(oc8ccccc78)=CC6)=CC5)[C@H]5CC=C(C6=CC7=C(C=CCC7)CC6)CC5)=CC4)cc23)C=C1. The van der Waals surface area contributed by atoms with Gasteiger partial charge in [0.2, 0.25) is 0 Å². The zero-order valence-corrected chi connectivity index (χ0v) is 34.9. The van der Waals surface area contributed by atoms with E-state index in [1.807, 2.05) is 0 Å². The Bertz CT molecular complexity index is 3050. The van der Waals surface area contributed by atoms with E-state index in [2.05, 4.69) is 163 Å². The van der Waals surface area contributed by atoms with Crippen molar-refractivity contribution in [2.45, 2.75) is 94.5 Å². The van der Waals surface area contributed by atoms with E-state index in [0.29, 0.717) is 29.8 Å². The van der Waals surface area contributed by atoms with Crippen molar-refractivity contribution in [3.05, 3.63) is 201 Å². The van der Waals surface area contributed by atoms with Gasteiger partial charge in [0, 0.05) is 56.4 Å². The van der Waals surface area contributed by atoms with Crippen LogP contribution in [0, 0.1) is 5.92 Å². The van der Waals surface area contributed by atoms with Gasteiger partial charge in [-0.25, -0.2) is 0 Å². The lowest BCUT2D eigenvalue weighted by atomic mass is 9.80. The van der Waals surface area contributed by atoms with E-state index < -0.39 is 0 Å². The first-order valence-electron chi connectivity index (χ1n) is 23.0. The molecule has 2 aromatic heterocycles.